The van der Waals surface area contributed by atoms with Gasteiger partial charge in [0.25, 0.3) is 0 Å². The van der Waals surface area contributed by atoms with Crippen LogP contribution < -0.4 is 0 Å². The van der Waals surface area contributed by atoms with Gasteiger partial charge < -0.3 is 4.74 Å². The molecule has 15 heavy (non-hydrogen) atoms. The zero-order chi connectivity index (χ0) is 10.9. The van der Waals surface area contributed by atoms with E-state index < -0.39 is 5.92 Å². The summed E-state index contributed by atoms with van der Waals surface area (Å²) in [7, 11) is 1.35. The Labute approximate surface area is 97.7 Å². The van der Waals surface area contributed by atoms with E-state index in [9.17, 15) is 9.59 Å². The molecule has 1 atom stereocenters. The molecule has 2 aliphatic rings. The first-order chi connectivity index (χ1) is 7.17. The van der Waals surface area contributed by atoms with Crippen LogP contribution in [0.25, 0.3) is 0 Å². The third kappa shape index (κ3) is 2.18. The van der Waals surface area contributed by atoms with Crippen molar-refractivity contribution < 1.29 is 14.3 Å². The normalized spacial score (nSPS) is 29.4. The lowest BCUT2D eigenvalue weighted by Gasteiger charge is -2.33. The second kappa shape index (κ2) is 4.37. The molecule has 5 heteroatoms. The summed E-state index contributed by atoms with van der Waals surface area (Å²) < 4.78 is 4.72. The third-order valence-electron chi connectivity index (χ3n) is 2.95. The number of hydrogen-bond donors (Lipinski definition) is 0. The summed E-state index contributed by atoms with van der Waals surface area (Å²) in [6.45, 7) is 0. The van der Waals surface area contributed by atoms with Crippen molar-refractivity contribution in [3.63, 3.8) is 0 Å². The largest absolute Gasteiger partial charge is 0.468 e. The molecule has 2 fully saturated rings. The van der Waals surface area contributed by atoms with Crippen LogP contribution in [0, 0.1) is 5.92 Å². The van der Waals surface area contributed by atoms with Crippen molar-refractivity contribution in [2.45, 2.75) is 23.3 Å². The highest BCUT2D eigenvalue weighted by atomic mass is 32.2. The van der Waals surface area contributed by atoms with Crippen molar-refractivity contribution in [2.75, 3.05) is 18.6 Å². The van der Waals surface area contributed by atoms with Gasteiger partial charge in [0, 0.05) is 17.9 Å². The van der Waals surface area contributed by atoms with Crippen molar-refractivity contribution in [3.05, 3.63) is 0 Å². The fourth-order valence-electron chi connectivity index (χ4n) is 2.14. The minimum absolute atomic E-state index is 0.0648. The lowest BCUT2D eigenvalue weighted by atomic mass is 9.87. The minimum atomic E-state index is -0.498. The van der Waals surface area contributed by atoms with Crippen LogP contribution in [0.2, 0.25) is 0 Å². The van der Waals surface area contributed by atoms with Crippen LogP contribution in [0.5, 0.6) is 0 Å². The summed E-state index contributed by atoms with van der Waals surface area (Å²) in [5.41, 5.74) is 0. The molecule has 84 valence electrons. The molecule has 1 unspecified atom stereocenters. The van der Waals surface area contributed by atoms with Crippen LogP contribution in [0.1, 0.15) is 19.3 Å². The Balaban J connectivity index is 2.02. The Morgan fingerprint density at radius 1 is 1.47 bits per heavy atom. The van der Waals surface area contributed by atoms with Gasteiger partial charge in [-0.1, -0.05) is 0 Å². The first kappa shape index (κ1) is 11.3. The van der Waals surface area contributed by atoms with E-state index in [1.807, 2.05) is 23.5 Å². The molecule has 3 nitrogen and oxygen atoms in total. The summed E-state index contributed by atoms with van der Waals surface area (Å²) in [5, 5.41) is 0. The van der Waals surface area contributed by atoms with Crippen LogP contribution in [-0.4, -0.2) is 34.4 Å². The fourth-order valence-corrected chi connectivity index (χ4v) is 5.39. The molecule has 0 aromatic carbocycles. The first-order valence-corrected chi connectivity index (χ1v) is 7.02. The van der Waals surface area contributed by atoms with E-state index in [1.165, 1.54) is 7.11 Å². The van der Waals surface area contributed by atoms with E-state index >= 15 is 0 Å². The number of thioether (sulfide) groups is 2. The summed E-state index contributed by atoms with van der Waals surface area (Å²) in [4.78, 5) is 23.2. The van der Waals surface area contributed by atoms with E-state index in [2.05, 4.69) is 4.74 Å². The smallest absolute Gasteiger partial charge is 0.316 e. The Hall–Kier alpha value is -0.160. The van der Waals surface area contributed by atoms with Crippen molar-refractivity contribution in [3.8, 4) is 0 Å². The number of carbonyl (C=O) groups is 2. The third-order valence-corrected chi connectivity index (χ3v) is 6.48. The molecule has 1 saturated carbocycles. The van der Waals surface area contributed by atoms with E-state index in [0.29, 0.717) is 12.8 Å². The predicted molar refractivity (Wildman–Crippen MR) is 62.0 cm³/mol. The Kier molecular flexibility index (Phi) is 3.30. The minimum Gasteiger partial charge on any atom is -0.468 e. The number of ketones is 1. The van der Waals surface area contributed by atoms with Gasteiger partial charge >= 0.3 is 5.97 Å². The topological polar surface area (TPSA) is 43.4 Å². The van der Waals surface area contributed by atoms with Gasteiger partial charge in [-0.3, -0.25) is 9.59 Å². The van der Waals surface area contributed by atoms with Gasteiger partial charge in [-0.2, -0.15) is 0 Å². The molecular formula is C10H14O3S2. The van der Waals surface area contributed by atoms with Crippen LogP contribution in [0.4, 0.5) is 0 Å². The quantitative estimate of drug-likeness (QED) is 0.520. The van der Waals surface area contributed by atoms with E-state index in [1.54, 1.807) is 0 Å². The monoisotopic (exact) mass is 246 g/mol. The number of rotatable bonds is 1. The fraction of sp³-hybridized carbons (Fsp3) is 0.800. The lowest BCUT2D eigenvalue weighted by Crippen LogP contribution is -2.37. The van der Waals surface area contributed by atoms with Gasteiger partial charge in [-0.25, -0.2) is 0 Å². The maximum Gasteiger partial charge on any atom is 0.316 e. The van der Waals surface area contributed by atoms with Gasteiger partial charge in [-0.05, 0) is 12.8 Å². The van der Waals surface area contributed by atoms with E-state index in [4.69, 9.17) is 0 Å². The molecule has 2 rings (SSSR count). The second-order valence-corrected chi connectivity index (χ2v) is 7.08. The SMILES string of the molecule is COC(=O)C1CCC2(CC1=O)SCCS2. The maximum absolute atomic E-state index is 11.8. The molecule has 0 radical (unpaired) electrons. The number of ether oxygens (including phenoxy) is 1. The van der Waals surface area contributed by atoms with Crippen molar-refractivity contribution in [1.82, 2.24) is 0 Å². The summed E-state index contributed by atoms with van der Waals surface area (Å²) >= 11 is 3.76. The number of esters is 1. The van der Waals surface area contributed by atoms with Gasteiger partial charge in [0.15, 0.2) is 0 Å². The number of hydrogen-bond acceptors (Lipinski definition) is 5. The average Bonchev–Trinajstić information content (AvgIpc) is 2.65. The standard InChI is InChI=1S/C10H14O3S2/c1-13-9(12)7-2-3-10(6-8(7)11)14-4-5-15-10/h7H,2-6H2,1H3. The van der Waals surface area contributed by atoms with Crippen molar-refractivity contribution >= 4 is 35.3 Å². The molecule has 0 aromatic rings. The van der Waals surface area contributed by atoms with E-state index in [-0.39, 0.29) is 15.8 Å². The lowest BCUT2D eigenvalue weighted by molar-refractivity contribution is -0.150. The van der Waals surface area contributed by atoms with E-state index in [0.717, 1.165) is 17.9 Å². The highest BCUT2D eigenvalue weighted by Crippen LogP contribution is 2.52. The predicted octanol–water partition coefficient (Wildman–Crippen LogP) is 1.70. The van der Waals surface area contributed by atoms with Gasteiger partial charge in [0.1, 0.15) is 11.7 Å². The van der Waals surface area contributed by atoms with Crippen LogP contribution >= 0.6 is 23.5 Å². The van der Waals surface area contributed by atoms with Crippen LogP contribution in [-0.2, 0) is 14.3 Å². The zero-order valence-corrected chi connectivity index (χ0v) is 10.3. The number of Topliss-reactive ketones (excluding diaryl/α,β-unsaturated/α-hetero) is 1. The molecule has 1 saturated heterocycles. The molecule has 1 aliphatic carbocycles. The van der Waals surface area contributed by atoms with Crippen molar-refractivity contribution in [1.29, 1.82) is 0 Å². The second-order valence-electron chi connectivity index (χ2n) is 3.87. The summed E-state index contributed by atoms with van der Waals surface area (Å²) in [6, 6.07) is 0. The summed E-state index contributed by atoms with van der Waals surface area (Å²) in [6.07, 6.45) is 2.14. The molecule has 1 aliphatic heterocycles. The number of methoxy groups -OCH3 is 1. The summed E-state index contributed by atoms with van der Waals surface area (Å²) in [5.74, 6) is 1.46. The average molecular weight is 246 g/mol. The molecule has 1 spiro atoms. The Morgan fingerprint density at radius 2 is 2.13 bits per heavy atom. The van der Waals surface area contributed by atoms with Gasteiger partial charge in [0.2, 0.25) is 0 Å². The van der Waals surface area contributed by atoms with Crippen LogP contribution in [0.15, 0.2) is 0 Å². The molecule has 0 amide bonds. The Bertz CT molecular complexity index is 284. The molecule has 0 bridgehead atoms. The highest BCUT2D eigenvalue weighted by Gasteiger charge is 2.45. The molecule has 0 N–H and O–H groups in total. The molecule has 0 aromatic heterocycles. The molecular weight excluding hydrogens is 232 g/mol. The zero-order valence-electron chi connectivity index (χ0n) is 8.65. The van der Waals surface area contributed by atoms with Crippen molar-refractivity contribution in [2.24, 2.45) is 5.92 Å². The molecule has 1 heterocycles. The van der Waals surface area contributed by atoms with Gasteiger partial charge in [0.05, 0.1) is 11.2 Å². The van der Waals surface area contributed by atoms with Gasteiger partial charge in [-0.15, -0.1) is 23.5 Å². The van der Waals surface area contributed by atoms with Crippen LogP contribution in [0.3, 0.4) is 0 Å². The Morgan fingerprint density at radius 3 is 2.67 bits per heavy atom. The first-order valence-electron chi connectivity index (χ1n) is 5.05. The highest BCUT2D eigenvalue weighted by molar-refractivity contribution is 8.21. The maximum atomic E-state index is 11.8. The number of carbonyl (C=O) groups excluding carboxylic acids is 2.